The molecule has 168 valence electrons. The van der Waals surface area contributed by atoms with Crippen molar-refractivity contribution in [2.45, 2.75) is 25.1 Å². The minimum atomic E-state index is -0.631. The van der Waals surface area contributed by atoms with Gasteiger partial charge in [-0.05, 0) is 34.4 Å². The second-order valence-electron chi connectivity index (χ2n) is 8.01. The van der Waals surface area contributed by atoms with Crippen LogP contribution in [0, 0.1) is 11.3 Å². The van der Waals surface area contributed by atoms with Crippen molar-refractivity contribution in [3.05, 3.63) is 95.1 Å². The van der Waals surface area contributed by atoms with Crippen molar-refractivity contribution in [1.82, 2.24) is 15.2 Å². The molecule has 2 aliphatic rings. The number of allylic oxidation sites excluding steroid dienone is 4. The molecule has 7 nitrogen and oxygen atoms in total. The van der Waals surface area contributed by atoms with Crippen molar-refractivity contribution in [3.63, 3.8) is 0 Å². The predicted molar refractivity (Wildman–Crippen MR) is 124 cm³/mol. The molecule has 7 heteroatoms. The molecule has 0 fully saturated rings. The van der Waals surface area contributed by atoms with Crippen LogP contribution >= 0.6 is 0 Å². The van der Waals surface area contributed by atoms with Crippen LogP contribution in [0.5, 0.6) is 0 Å². The molecule has 1 aliphatic carbocycles. The molecular formula is C26H26N4O3. The third-order valence-corrected chi connectivity index (χ3v) is 5.83. The molecule has 4 rings (SSSR count). The second-order valence-corrected chi connectivity index (χ2v) is 8.01. The Morgan fingerprint density at radius 1 is 1.30 bits per heavy atom. The molecule has 2 N–H and O–H groups in total. The summed E-state index contributed by atoms with van der Waals surface area (Å²) in [5.74, 6) is -0.0197. The van der Waals surface area contributed by atoms with Crippen LogP contribution < -0.4 is 5.32 Å². The van der Waals surface area contributed by atoms with Crippen LogP contribution in [0.3, 0.4) is 0 Å². The summed E-state index contributed by atoms with van der Waals surface area (Å²) in [6.07, 6.45) is 6.74. The van der Waals surface area contributed by atoms with Gasteiger partial charge in [-0.1, -0.05) is 36.4 Å². The summed E-state index contributed by atoms with van der Waals surface area (Å²) >= 11 is 0. The van der Waals surface area contributed by atoms with Gasteiger partial charge in [-0.25, -0.2) is 0 Å². The van der Waals surface area contributed by atoms with Crippen molar-refractivity contribution < 1.29 is 14.6 Å². The first-order valence-corrected chi connectivity index (χ1v) is 10.8. The maximum atomic E-state index is 12.6. The molecule has 0 amide bonds. The largest absolute Gasteiger partial charge is 0.395 e. The quantitative estimate of drug-likeness (QED) is 0.648. The predicted octanol–water partition coefficient (Wildman–Crippen LogP) is 2.58. The average Bonchev–Trinajstić information content (AvgIpc) is 2.86. The van der Waals surface area contributed by atoms with Crippen molar-refractivity contribution in [1.29, 1.82) is 5.26 Å². The van der Waals surface area contributed by atoms with Gasteiger partial charge in [-0.15, -0.1) is 0 Å². The first-order valence-electron chi connectivity index (χ1n) is 10.8. The van der Waals surface area contributed by atoms with E-state index >= 15 is 0 Å². The summed E-state index contributed by atoms with van der Waals surface area (Å²) in [5.41, 5.74) is 4.84. The summed E-state index contributed by atoms with van der Waals surface area (Å²) < 4.78 is 5.37. The molecule has 2 aromatic rings. The Kier molecular flexibility index (Phi) is 7.10. The Morgan fingerprint density at radius 2 is 2.12 bits per heavy atom. The molecule has 0 saturated heterocycles. The highest BCUT2D eigenvalue weighted by molar-refractivity contribution is 5.98. The van der Waals surface area contributed by atoms with Gasteiger partial charge >= 0.3 is 0 Å². The first kappa shape index (κ1) is 22.6. The number of hydrogen-bond donors (Lipinski definition) is 2. The number of rotatable bonds is 8. The molecule has 0 bridgehead atoms. The number of ether oxygens (including phenoxy) is 1. The Balaban J connectivity index is 1.68. The molecular weight excluding hydrogens is 416 g/mol. The number of carbonyl (C=O) groups excluding carboxylic acids is 1. The van der Waals surface area contributed by atoms with Crippen molar-refractivity contribution >= 4 is 11.4 Å². The number of nitrogens with one attached hydrogen (secondary N) is 1. The molecule has 0 spiro atoms. The zero-order valence-corrected chi connectivity index (χ0v) is 18.4. The number of nitrogens with zero attached hydrogens (tertiary/aromatic N) is 3. The number of carbonyl (C=O) groups is 1. The van der Waals surface area contributed by atoms with E-state index in [0.717, 1.165) is 27.8 Å². The van der Waals surface area contributed by atoms with Crippen molar-refractivity contribution in [3.8, 4) is 6.07 Å². The minimum absolute atomic E-state index is 0.0197. The molecule has 1 aromatic carbocycles. The van der Waals surface area contributed by atoms with E-state index in [1.54, 1.807) is 18.5 Å². The number of hydrogen-bond acceptors (Lipinski definition) is 7. The molecule has 2 atom stereocenters. The second kappa shape index (κ2) is 10.4. The zero-order valence-electron chi connectivity index (χ0n) is 18.4. The molecule has 0 saturated carbocycles. The van der Waals surface area contributed by atoms with Crippen LogP contribution in [0.25, 0.3) is 5.57 Å². The van der Waals surface area contributed by atoms with Crippen LogP contribution in [0.15, 0.2) is 84.0 Å². The van der Waals surface area contributed by atoms with E-state index in [4.69, 9.17) is 4.74 Å². The number of aliphatic hydroxyl groups excluding tert-OH is 1. The van der Waals surface area contributed by atoms with Gasteiger partial charge in [-0.2, -0.15) is 5.26 Å². The third-order valence-electron chi connectivity index (χ3n) is 5.83. The summed E-state index contributed by atoms with van der Waals surface area (Å²) in [5, 5.41) is 23.5. The summed E-state index contributed by atoms with van der Waals surface area (Å²) in [6.45, 7) is 0.807. The Morgan fingerprint density at radius 3 is 2.79 bits per heavy atom. The van der Waals surface area contributed by atoms with Crippen LogP contribution in [-0.2, 0) is 16.1 Å². The number of pyridine rings is 1. The van der Waals surface area contributed by atoms with Crippen LogP contribution in [0.4, 0.5) is 0 Å². The minimum Gasteiger partial charge on any atom is -0.395 e. The molecule has 2 unspecified atom stereocenters. The van der Waals surface area contributed by atoms with Crippen LogP contribution in [0.2, 0.25) is 0 Å². The van der Waals surface area contributed by atoms with E-state index in [1.807, 2.05) is 53.6 Å². The molecule has 0 radical (unpaired) electrons. The molecule has 33 heavy (non-hydrogen) atoms. The number of benzene rings is 1. The molecule has 2 heterocycles. The lowest BCUT2D eigenvalue weighted by molar-refractivity contribution is -0.125. The van der Waals surface area contributed by atoms with Gasteiger partial charge in [0.1, 0.15) is 17.9 Å². The van der Waals surface area contributed by atoms with Gasteiger partial charge < -0.3 is 20.1 Å². The van der Waals surface area contributed by atoms with Gasteiger partial charge in [0.25, 0.3) is 0 Å². The lowest BCUT2D eigenvalue weighted by Gasteiger charge is -2.35. The fraction of sp³-hybridized carbons (Fsp3) is 0.269. The first-order chi connectivity index (χ1) is 16.1. The van der Waals surface area contributed by atoms with Gasteiger partial charge in [0.2, 0.25) is 0 Å². The highest BCUT2D eigenvalue weighted by atomic mass is 16.5. The van der Waals surface area contributed by atoms with E-state index in [9.17, 15) is 15.2 Å². The van der Waals surface area contributed by atoms with Crippen molar-refractivity contribution in [2.75, 3.05) is 20.3 Å². The zero-order chi connectivity index (χ0) is 23.2. The standard InChI is InChI=1S/C26H26N4O3/c1-33-25-11-22-20(10-24(25)32)15-30(23(12-27)26(22)19-7-3-2-4-8-19)16-21(17-31)29-14-18-6-5-9-28-13-18/h2-9,11,13,15,21,25,29,31H,10,14,16-17H2,1H3. The normalized spacial score (nSPS) is 18.9. The van der Waals surface area contributed by atoms with Crippen LogP contribution in [-0.4, -0.2) is 53.2 Å². The number of fused-ring (bicyclic) bond motifs is 1. The Bertz CT molecular complexity index is 1130. The third kappa shape index (κ3) is 4.94. The monoisotopic (exact) mass is 442 g/mol. The summed E-state index contributed by atoms with van der Waals surface area (Å²) in [6, 6.07) is 15.6. The van der Waals surface area contributed by atoms with Crippen LogP contribution in [0.1, 0.15) is 17.5 Å². The fourth-order valence-corrected chi connectivity index (χ4v) is 4.17. The Hall–Kier alpha value is -3.57. The van der Waals surface area contributed by atoms with Gasteiger partial charge in [-0.3, -0.25) is 9.78 Å². The van der Waals surface area contributed by atoms with E-state index in [1.165, 1.54) is 7.11 Å². The van der Waals surface area contributed by atoms with E-state index < -0.39 is 6.10 Å². The lowest BCUT2D eigenvalue weighted by atomic mass is 9.81. The number of aromatic nitrogens is 1. The smallest absolute Gasteiger partial charge is 0.169 e. The number of aliphatic hydroxyl groups is 1. The highest BCUT2D eigenvalue weighted by Gasteiger charge is 2.33. The average molecular weight is 443 g/mol. The lowest BCUT2D eigenvalue weighted by Crippen LogP contribution is -2.42. The molecule has 1 aromatic heterocycles. The highest BCUT2D eigenvalue weighted by Crippen LogP contribution is 2.41. The van der Waals surface area contributed by atoms with E-state index in [2.05, 4.69) is 16.4 Å². The van der Waals surface area contributed by atoms with Gasteiger partial charge in [0, 0.05) is 56.8 Å². The maximum Gasteiger partial charge on any atom is 0.169 e. The van der Waals surface area contributed by atoms with E-state index in [-0.39, 0.29) is 24.9 Å². The number of ketones is 1. The number of methoxy groups -OCH3 is 1. The SMILES string of the molecule is COC1C=C2C(=CN(CC(CO)NCc3cccnc3)C(C#N)=C2c2ccccc2)CC1=O. The van der Waals surface area contributed by atoms with Crippen molar-refractivity contribution in [2.24, 2.45) is 0 Å². The fourth-order valence-electron chi connectivity index (χ4n) is 4.17. The topological polar surface area (TPSA) is 98.5 Å². The Labute approximate surface area is 193 Å². The van der Waals surface area contributed by atoms with E-state index in [0.29, 0.717) is 18.8 Å². The van der Waals surface area contributed by atoms with Gasteiger partial charge in [0.15, 0.2) is 5.78 Å². The summed E-state index contributed by atoms with van der Waals surface area (Å²) in [4.78, 5) is 18.5. The number of nitriles is 1. The maximum absolute atomic E-state index is 12.6. The summed E-state index contributed by atoms with van der Waals surface area (Å²) in [7, 11) is 1.51. The number of Topliss-reactive ketones (excluding diaryl/α,β-unsaturated/α-hetero) is 1. The van der Waals surface area contributed by atoms with Gasteiger partial charge in [0.05, 0.1) is 6.61 Å². The molecule has 1 aliphatic heterocycles.